The van der Waals surface area contributed by atoms with Gasteiger partial charge in [-0.2, -0.15) is 0 Å². The number of rotatable bonds is 6. The fraction of sp³-hybridized carbons (Fsp3) is 0.278. The minimum Gasteiger partial charge on any atom is -0.298 e. The van der Waals surface area contributed by atoms with Gasteiger partial charge in [0.05, 0.1) is 10.1 Å². The smallest absolute Gasteiger partial charge is 0.192 e. The van der Waals surface area contributed by atoms with E-state index in [-0.39, 0.29) is 11.3 Å². The third kappa shape index (κ3) is 3.31. The summed E-state index contributed by atoms with van der Waals surface area (Å²) in [5.41, 5.74) is 0.153. The van der Waals surface area contributed by atoms with Gasteiger partial charge in [-0.05, 0) is 49.4 Å². The molecule has 0 amide bonds. The second kappa shape index (κ2) is 6.92. The average Bonchev–Trinajstić information content (AvgIpc) is 3.16. The van der Waals surface area contributed by atoms with Crippen molar-refractivity contribution in [3.05, 3.63) is 52.9 Å². The molecule has 4 nitrogen and oxygen atoms in total. The Morgan fingerprint density at radius 3 is 2.73 bits per heavy atom. The lowest BCUT2D eigenvalue weighted by molar-refractivity contribution is 0.0993. The first-order valence-corrected chi connectivity index (χ1v) is 9.95. The largest absolute Gasteiger partial charge is 0.298 e. The van der Waals surface area contributed by atoms with Crippen LogP contribution in [0.2, 0.25) is 0 Å². The molecule has 1 atom stereocenters. The van der Waals surface area contributed by atoms with E-state index in [0.29, 0.717) is 11.2 Å². The van der Waals surface area contributed by atoms with E-state index in [1.165, 1.54) is 17.8 Å². The van der Waals surface area contributed by atoms with Crippen LogP contribution in [-0.2, 0) is 0 Å². The monoisotopic (exact) mass is 391 g/mol. The zero-order chi connectivity index (χ0) is 18.3. The van der Waals surface area contributed by atoms with E-state index in [0.717, 1.165) is 35.7 Å². The highest BCUT2D eigenvalue weighted by Crippen LogP contribution is 2.42. The summed E-state index contributed by atoms with van der Waals surface area (Å²) in [6.45, 7) is 1.74. The van der Waals surface area contributed by atoms with E-state index < -0.39 is 16.9 Å². The van der Waals surface area contributed by atoms with Gasteiger partial charge in [0.15, 0.2) is 28.4 Å². The first-order chi connectivity index (χ1) is 12.5. The number of halogens is 2. The second-order valence-electron chi connectivity index (χ2n) is 6.14. The summed E-state index contributed by atoms with van der Waals surface area (Å²) >= 11 is 2.89. The van der Waals surface area contributed by atoms with Crippen molar-refractivity contribution in [2.24, 2.45) is 0 Å². The molecule has 1 aliphatic rings. The van der Waals surface area contributed by atoms with Crippen LogP contribution >= 0.6 is 23.1 Å². The van der Waals surface area contributed by atoms with Gasteiger partial charge in [0, 0.05) is 11.6 Å². The Bertz CT molecular complexity index is 952. The number of thiophene rings is 1. The van der Waals surface area contributed by atoms with E-state index >= 15 is 0 Å². The van der Waals surface area contributed by atoms with Crippen molar-refractivity contribution in [1.29, 1.82) is 0 Å². The second-order valence-corrected chi connectivity index (χ2v) is 8.39. The van der Waals surface area contributed by atoms with Crippen LogP contribution in [-0.4, -0.2) is 25.8 Å². The van der Waals surface area contributed by atoms with E-state index in [9.17, 15) is 13.6 Å². The van der Waals surface area contributed by atoms with Crippen molar-refractivity contribution in [2.75, 3.05) is 0 Å². The van der Waals surface area contributed by atoms with Crippen molar-refractivity contribution >= 4 is 28.9 Å². The van der Waals surface area contributed by atoms with Crippen molar-refractivity contribution in [2.45, 2.75) is 36.2 Å². The number of aromatic nitrogens is 3. The van der Waals surface area contributed by atoms with E-state index in [4.69, 9.17) is 0 Å². The molecule has 3 aromatic rings. The standard InChI is InChI=1S/C18H15F2N3OS2/c1-10(16(24)11-4-7-13(19)14(20)9-11)26-18-22-21-17(15-3-2-8-25-15)23(18)12-5-6-12/h2-4,7-10,12H,5-6H2,1H3/t10-/m1/s1. The maximum absolute atomic E-state index is 13.4. The molecule has 0 bridgehead atoms. The number of carbonyl (C=O) groups excluding carboxylic acids is 1. The Balaban J connectivity index is 1.59. The van der Waals surface area contributed by atoms with Crippen LogP contribution in [0.15, 0.2) is 40.9 Å². The van der Waals surface area contributed by atoms with Crippen LogP contribution in [0.5, 0.6) is 0 Å². The third-order valence-electron chi connectivity index (χ3n) is 4.17. The summed E-state index contributed by atoms with van der Waals surface area (Å²) < 4.78 is 28.6. The molecular weight excluding hydrogens is 376 g/mol. The van der Waals surface area contributed by atoms with Gasteiger partial charge in [-0.15, -0.1) is 21.5 Å². The molecule has 0 radical (unpaired) electrons. The fourth-order valence-electron chi connectivity index (χ4n) is 2.69. The lowest BCUT2D eigenvalue weighted by Gasteiger charge is -2.12. The molecule has 0 spiro atoms. The number of benzene rings is 1. The summed E-state index contributed by atoms with van der Waals surface area (Å²) in [4.78, 5) is 13.6. The van der Waals surface area contributed by atoms with Gasteiger partial charge in [0.2, 0.25) is 0 Å². The molecule has 1 saturated carbocycles. The summed E-state index contributed by atoms with van der Waals surface area (Å²) in [6, 6.07) is 7.54. The van der Waals surface area contributed by atoms with E-state index in [2.05, 4.69) is 14.8 Å². The number of nitrogens with zero attached hydrogens (tertiary/aromatic N) is 3. The van der Waals surface area contributed by atoms with Gasteiger partial charge in [-0.1, -0.05) is 17.8 Å². The number of hydrogen-bond donors (Lipinski definition) is 0. The molecule has 1 aromatic carbocycles. The maximum atomic E-state index is 13.4. The molecule has 1 fully saturated rings. The topological polar surface area (TPSA) is 47.8 Å². The van der Waals surface area contributed by atoms with Crippen molar-refractivity contribution in [3.8, 4) is 10.7 Å². The Hall–Kier alpha value is -2.06. The van der Waals surface area contributed by atoms with Crippen LogP contribution in [0.1, 0.15) is 36.2 Å². The molecule has 2 heterocycles. The van der Waals surface area contributed by atoms with E-state index in [1.54, 1.807) is 18.3 Å². The molecule has 0 saturated heterocycles. The Morgan fingerprint density at radius 1 is 1.27 bits per heavy atom. The fourth-order valence-corrected chi connectivity index (χ4v) is 4.39. The first kappa shape index (κ1) is 17.4. The van der Waals surface area contributed by atoms with Gasteiger partial charge in [-0.3, -0.25) is 9.36 Å². The zero-order valence-corrected chi connectivity index (χ0v) is 15.5. The first-order valence-electron chi connectivity index (χ1n) is 8.19. The number of ketones is 1. The van der Waals surface area contributed by atoms with Crippen molar-refractivity contribution < 1.29 is 13.6 Å². The average molecular weight is 391 g/mol. The van der Waals surface area contributed by atoms with Gasteiger partial charge in [0.25, 0.3) is 0 Å². The number of hydrogen-bond acceptors (Lipinski definition) is 5. The quantitative estimate of drug-likeness (QED) is 0.439. The molecule has 0 N–H and O–H groups in total. The highest BCUT2D eigenvalue weighted by Gasteiger charge is 2.32. The minimum absolute atomic E-state index is 0.153. The summed E-state index contributed by atoms with van der Waals surface area (Å²) in [5, 5.41) is 10.8. The van der Waals surface area contributed by atoms with Crippen molar-refractivity contribution in [1.82, 2.24) is 14.8 Å². The third-order valence-corrected chi connectivity index (χ3v) is 6.10. The molecule has 1 aliphatic carbocycles. The van der Waals surface area contributed by atoms with Gasteiger partial charge >= 0.3 is 0 Å². The molecule has 2 aromatic heterocycles. The summed E-state index contributed by atoms with van der Waals surface area (Å²) in [7, 11) is 0. The van der Waals surface area contributed by atoms with Gasteiger partial charge in [0.1, 0.15) is 0 Å². The molecule has 8 heteroatoms. The molecule has 26 heavy (non-hydrogen) atoms. The highest BCUT2D eigenvalue weighted by atomic mass is 32.2. The molecule has 4 rings (SSSR count). The predicted molar refractivity (Wildman–Crippen MR) is 97.6 cm³/mol. The van der Waals surface area contributed by atoms with Gasteiger partial charge in [-0.25, -0.2) is 8.78 Å². The van der Waals surface area contributed by atoms with Gasteiger partial charge < -0.3 is 0 Å². The molecule has 0 unspecified atom stereocenters. The number of Topliss-reactive ketones (excluding diaryl/α,β-unsaturated/α-hetero) is 1. The maximum Gasteiger partial charge on any atom is 0.192 e. The molecule has 0 aliphatic heterocycles. The molecular formula is C18H15F2N3OS2. The van der Waals surface area contributed by atoms with Crippen LogP contribution in [0.25, 0.3) is 10.7 Å². The van der Waals surface area contributed by atoms with Crippen LogP contribution in [0.3, 0.4) is 0 Å². The zero-order valence-electron chi connectivity index (χ0n) is 13.9. The number of thioether (sulfide) groups is 1. The SMILES string of the molecule is C[C@@H](Sc1nnc(-c2cccs2)n1C1CC1)C(=O)c1ccc(F)c(F)c1. The highest BCUT2D eigenvalue weighted by molar-refractivity contribution is 8.00. The normalized spacial score (nSPS) is 15.2. The Morgan fingerprint density at radius 2 is 2.08 bits per heavy atom. The lowest BCUT2D eigenvalue weighted by Crippen LogP contribution is -2.15. The molecule has 134 valence electrons. The van der Waals surface area contributed by atoms with Crippen molar-refractivity contribution in [3.63, 3.8) is 0 Å². The minimum atomic E-state index is -1.02. The van der Waals surface area contributed by atoms with Crippen LogP contribution in [0, 0.1) is 11.6 Å². The lowest BCUT2D eigenvalue weighted by atomic mass is 10.1. The predicted octanol–water partition coefficient (Wildman–Crippen LogP) is 4.98. The number of carbonyl (C=O) groups is 1. The van der Waals surface area contributed by atoms with E-state index in [1.807, 2.05) is 17.5 Å². The Kier molecular flexibility index (Phi) is 4.62. The Labute approximate surface area is 157 Å². The van der Waals surface area contributed by atoms with Crippen LogP contribution in [0.4, 0.5) is 8.78 Å². The van der Waals surface area contributed by atoms with Crippen LogP contribution < -0.4 is 0 Å². The summed E-state index contributed by atoms with van der Waals surface area (Å²) in [6.07, 6.45) is 2.13. The summed E-state index contributed by atoms with van der Waals surface area (Å²) in [5.74, 6) is -1.43.